The van der Waals surface area contributed by atoms with Crippen molar-refractivity contribution in [2.24, 2.45) is 5.41 Å². The first kappa shape index (κ1) is 15.3. The largest absolute Gasteiger partial charge is 0.468 e. The standard InChI is InChI=1S/C14H21N3O2/c1-14(2,10-15)8-13(18)16-9-11(17(3)4)12-6-5-7-19-12/h5-7,11H,8-9H2,1-4H3,(H,16,18)/t11-/m0/s1. The van der Waals surface area contributed by atoms with Gasteiger partial charge in [-0.05, 0) is 40.1 Å². The summed E-state index contributed by atoms with van der Waals surface area (Å²) in [6.07, 6.45) is 1.81. The van der Waals surface area contributed by atoms with E-state index in [9.17, 15) is 4.79 Å². The van der Waals surface area contributed by atoms with Crippen molar-refractivity contribution < 1.29 is 9.21 Å². The van der Waals surface area contributed by atoms with Gasteiger partial charge in [0, 0.05) is 13.0 Å². The van der Waals surface area contributed by atoms with E-state index in [2.05, 4.69) is 11.4 Å². The van der Waals surface area contributed by atoms with E-state index in [1.807, 2.05) is 31.1 Å². The molecule has 1 N–H and O–H groups in total. The van der Waals surface area contributed by atoms with Gasteiger partial charge in [-0.2, -0.15) is 5.26 Å². The van der Waals surface area contributed by atoms with Crippen molar-refractivity contribution in [1.82, 2.24) is 10.2 Å². The molecule has 0 bridgehead atoms. The number of carbonyl (C=O) groups is 1. The van der Waals surface area contributed by atoms with E-state index in [0.29, 0.717) is 6.54 Å². The van der Waals surface area contributed by atoms with Crippen molar-refractivity contribution in [3.05, 3.63) is 24.2 Å². The van der Waals surface area contributed by atoms with Crippen LogP contribution in [0.15, 0.2) is 22.8 Å². The highest BCUT2D eigenvalue weighted by Gasteiger charge is 2.23. The Kier molecular flexibility index (Phi) is 5.13. The van der Waals surface area contributed by atoms with Crippen LogP contribution >= 0.6 is 0 Å². The van der Waals surface area contributed by atoms with Crippen LogP contribution in [0.4, 0.5) is 0 Å². The molecular weight excluding hydrogens is 242 g/mol. The van der Waals surface area contributed by atoms with Crippen LogP contribution in [-0.4, -0.2) is 31.4 Å². The van der Waals surface area contributed by atoms with Crippen molar-refractivity contribution in [3.63, 3.8) is 0 Å². The number of hydrogen-bond donors (Lipinski definition) is 1. The molecule has 0 fully saturated rings. The molecule has 0 aliphatic rings. The van der Waals surface area contributed by atoms with Gasteiger partial charge in [-0.3, -0.25) is 9.69 Å². The zero-order valence-corrected chi connectivity index (χ0v) is 11.9. The number of amides is 1. The summed E-state index contributed by atoms with van der Waals surface area (Å²) in [5.41, 5.74) is -0.637. The molecule has 5 nitrogen and oxygen atoms in total. The van der Waals surface area contributed by atoms with Gasteiger partial charge in [0.1, 0.15) is 5.76 Å². The van der Waals surface area contributed by atoms with Gasteiger partial charge in [0.25, 0.3) is 0 Å². The lowest BCUT2D eigenvalue weighted by Crippen LogP contribution is -2.36. The van der Waals surface area contributed by atoms with Gasteiger partial charge in [0.2, 0.25) is 5.91 Å². The van der Waals surface area contributed by atoms with Crippen molar-refractivity contribution in [3.8, 4) is 6.07 Å². The zero-order chi connectivity index (χ0) is 14.5. The second-order valence-electron chi connectivity index (χ2n) is 5.47. The molecule has 0 saturated heterocycles. The second-order valence-corrected chi connectivity index (χ2v) is 5.47. The first-order valence-electron chi connectivity index (χ1n) is 6.23. The summed E-state index contributed by atoms with van der Waals surface area (Å²) in [7, 11) is 3.86. The minimum absolute atomic E-state index is 0.0100. The van der Waals surface area contributed by atoms with Gasteiger partial charge < -0.3 is 9.73 Å². The van der Waals surface area contributed by atoms with Crippen LogP contribution in [0.3, 0.4) is 0 Å². The third kappa shape index (κ3) is 4.76. The third-order valence-corrected chi connectivity index (χ3v) is 2.89. The van der Waals surface area contributed by atoms with Crippen LogP contribution in [0.2, 0.25) is 0 Å². The first-order chi connectivity index (χ1) is 8.85. The Morgan fingerprint density at radius 1 is 1.58 bits per heavy atom. The molecular formula is C14H21N3O2. The van der Waals surface area contributed by atoms with E-state index in [4.69, 9.17) is 9.68 Å². The minimum atomic E-state index is -0.637. The number of likely N-dealkylation sites (N-methyl/N-ethyl adjacent to an activating group) is 1. The van der Waals surface area contributed by atoms with Gasteiger partial charge in [-0.1, -0.05) is 0 Å². The summed E-state index contributed by atoms with van der Waals surface area (Å²) >= 11 is 0. The van der Waals surface area contributed by atoms with E-state index in [1.165, 1.54) is 0 Å². The second kappa shape index (κ2) is 6.39. The summed E-state index contributed by atoms with van der Waals surface area (Å²) < 4.78 is 5.37. The molecule has 1 aromatic heterocycles. The Bertz CT molecular complexity index is 444. The number of hydrogen-bond acceptors (Lipinski definition) is 4. The Morgan fingerprint density at radius 2 is 2.26 bits per heavy atom. The van der Waals surface area contributed by atoms with Crippen molar-refractivity contribution >= 4 is 5.91 Å². The highest BCUT2D eigenvalue weighted by atomic mass is 16.3. The maximum Gasteiger partial charge on any atom is 0.221 e. The molecule has 1 amide bonds. The number of nitrogens with one attached hydrogen (secondary N) is 1. The fourth-order valence-corrected chi connectivity index (χ4v) is 1.73. The molecule has 104 valence electrons. The van der Waals surface area contributed by atoms with E-state index in [-0.39, 0.29) is 18.4 Å². The lowest BCUT2D eigenvalue weighted by molar-refractivity contribution is -0.122. The number of nitriles is 1. The Hall–Kier alpha value is -1.80. The van der Waals surface area contributed by atoms with Gasteiger partial charge in [-0.15, -0.1) is 0 Å². The fraction of sp³-hybridized carbons (Fsp3) is 0.571. The quantitative estimate of drug-likeness (QED) is 0.851. The summed E-state index contributed by atoms with van der Waals surface area (Å²) in [5, 5.41) is 11.8. The predicted molar refractivity (Wildman–Crippen MR) is 72.2 cm³/mol. The summed E-state index contributed by atoms with van der Waals surface area (Å²) in [6, 6.07) is 5.82. The number of carbonyl (C=O) groups excluding carboxylic acids is 1. The third-order valence-electron chi connectivity index (χ3n) is 2.89. The first-order valence-corrected chi connectivity index (χ1v) is 6.23. The average Bonchev–Trinajstić information content (AvgIpc) is 2.82. The molecule has 0 spiro atoms. The Morgan fingerprint density at radius 3 is 2.74 bits per heavy atom. The molecule has 0 aliphatic heterocycles. The molecule has 0 aliphatic carbocycles. The number of furan rings is 1. The van der Waals surface area contributed by atoms with E-state index < -0.39 is 5.41 Å². The highest BCUT2D eigenvalue weighted by molar-refractivity contribution is 5.77. The van der Waals surface area contributed by atoms with Crippen LogP contribution in [-0.2, 0) is 4.79 Å². The molecule has 0 radical (unpaired) electrons. The van der Waals surface area contributed by atoms with E-state index >= 15 is 0 Å². The van der Waals surface area contributed by atoms with E-state index in [0.717, 1.165) is 5.76 Å². The van der Waals surface area contributed by atoms with Crippen molar-refractivity contribution in [2.45, 2.75) is 26.3 Å². The topological polar surface area (TPSA) is 69.3 Å². The molecule has 19 heavy (non-hydrogen) atoms. The van der Waals surface area contributed by atoms with Crippen LogP contribution in [0, 0.1) is 16.7 Å². The molecule has 1 heterocycles. The van der Waals surface area contributed by atoms with Crippen LogP contribution in [0.1, 0.15) is 32.1 Å². The predicted octanol–water partition coefficient (Wildman–Crippen LogP) is 1.94. The molecule has 0 aromatic carbocycles. The lowest BCUT2D eigenvalue weighted by Gasteiger charge is -2.23. The maximum absolute atomic E-state index is 11.8. The SMILES string of the molecule is CN(C)[C@@H](CNC(=O)CC(C)(C)C#N)c1ccco1. The molecule has 0 saturated carbocycles. The average molecular weight is 263 g/mol. The molecule has 1 rings (SSSR count). The van der Waals surface area contributed by atoms with Crippen LogP contribution < -0.4 is 5.32 Å². The fourth-order valence-electron chi connectivity index (χ4n) is 1.73. The Balaban J connectivity index is 2.55. The van der Waals surface area contributed by atoms with Gasteiger partial charge in [0.15, 0.2) is 0 Å². The zero-order valence-electron chi connectivity index (χ0n) is 11.9. The lowest BCUT2D eigenvalue weighted by atomic mass is 9.91. The summed E-state index contributed by atoms with van der Waals surface area (Å²) in [6.45, 7) is 3.96. The van der Waals surface area contributed by atoms with Crippen LogP contribution in [0.5, 0.6) is 0 Å². The van der Waals surface area contributed by atoms with Gasteiger partial charge in [0.05, 0.1) is 23.8 Å². The van der Waals surface area contributed by atoms with Crippen LogP contribution in [0.25, 0.3) is 0 Å². The van der Waals surface area contributed by atoms with Gasteiger partial charge >= 0.3 is 0 Å². The monoisotopic (exact) mass is 263 g/mol. The minimum Gasteiger partial charge on any atom is -0.468 e. The number of rotatable bonds is 6. The number of nitrogens with zero attached hydrogens (tertiary/aromatic N) is 2. The molecule has 1 atom stereocenters. The van der Waals surface area contributed by atoms with Crippen molar-refractivity contribution in [1.29, 1.82) is 5.26 Å². The Labute approximate surface area is 114 Å². The van der Waals surface area contributed by atoms with Gasteiger partial charge in [-0.25, -0.2) is 0 Å². The van der Waals surface area contributed by atoms with E-state index in [1.54, 1.807) is 20.1 Å². The highest BCUT2D eigenvalue weighted by Crippen LogP contribution is 2.20. The maximum atomic E-state index is 11.8. The molecule has 0 unspecified atom stereocenters. The summed E-state index contributed by atoms with van der Waals surface area (Å²) in [5.74, 6) is 0.690. The molecule has 1 aromatic rings. The normalized spacial score (nSPS) is 13.1. The smallest absolute Gasteiger partial charge is 0.221 e. The molecule has 5 heteroatoms. The summed E-state index contributed by atoms with van der Waals surface area (Å²) in [4.78, 5) is 13.8. The van der Waals surface area contributed by atoms with Crippen molar-refractivity contribution in [2.75, 3.05) is 20.6 Å².